The van der Waals surface area contributed by atoms with Crippen LogP contribution in [0.4, 0.5) is 0 Å². The van der Waals surface area contributed by atoms with Crippen LogP contribution in [0.1, 0.15) is 37.3 Å². The SMILES string of the molecule is Cc1c(OCCCCOc2ncccn2)ccc(CC(C)CC=O)c1O. The van der Waals surface area contributed by atoms with Crippen molar-refractivity contribution in [3.8, 4) is 17.5 Å². The minimum absolute atomic E-state index is 0.207. The molecular formula is C20H26N2O4. The number of rotatable bonds is 11. The summed E-state index contributed by atoms with van der Waals surface area (Å²) in [5, 5.41) is 10.4. The van der Waals surface area contributed by atoms with Gasteiger partial charge in [-0.25, -0.2) is 9.97 Å². The molecule has 1 aromatic carbocycles. The van der Waals surface area contributed by atoms with Gasteiger partial charge >= 0.3 is 6.01 Å². The summed E-state index contributed by atoms with van der Waals surface area (Å²) in [6, 6.07) is 5.88. The van der Waals surface area contributed by atoms with Crippen molar-refractivity contribution in [2.24, 2.45) is 5.92 Å². The van der Waals surface area contributed by atoms with Gasteiger partial charge in [-0.05, 0) is 49.8 Å². The third kappa shape index (κ3) is 6.02. The number of hydrogen-bond donors (Lipinski definition) is 1. The van der Waals surface area contributed by atoms with E-state index in [1.165, 1.54) is 0 Å². The van der Waals surface area contributed by atoms with Crippen LogP contribution < -0.4 is 9.47 Å². The lowest BCUT2D eigenvalue weighted by Crippen LogP contribution is -2.05. The maximum absolute atomic E-state index is 10.6. The summed E-state index contributed by atoms with van der Waals surface area (Å²) in [4.78, 5) is 18.6. The van der Waals surface area contributed by atoms with Crippen molar-refractivity contribution >= 4 is 6.29 Å². The lowest BCUT2D eigenvalue weighted by Gasteiger charge is -2.15. The molecule has 1 atom stereocenters. The van der Waals surface area contributed by atoms with Gasteiger partial charge in [-0.2, -0.15) is 0 Å². The first-order valence-electron chi connectivity index (χ1n) is 8.89. The molecule has 140 valence electrons. The van der Waals surface area contributed by atoms with E-state index < -0.39 is 0 Å². The Morgan fingerprint density at radius 3 is 2.54 bits per heavy atom. The quantitative estimate of drug-likeness (QED) is 0.489. The molecule has 0 aliphatic rings. The number of phenolic OH excluding ortho intramolecular Hbond substituents is 1. The molecule has 0 fully saturated rings. The highest BCUT2D eigenvalue weighted by Crippen LogP contribution is 2.32. The molecule has 0 aliphatic heterocycles. The number of aromatic nitrogens is 2. The average molecular weight is 358 g/mol. The number of benzene rings is 1. The monoisotopic (exact) mass is 358 g/mol. The Balaban J connectivity index is 1.75. The first-order valence-corrected chi connectivity index (χ1v) is 8.89. The van der Waals surface area contributed by atoms with Crippen LogP contribution in [0.2, 0.25) is 0 Å². The second kappa shape index (κ2) is 10.4. The molecule has 0 spiro atoms. The number of hydrogen-bond acceptors (Lipinski definition) is 6. The molecular weight excluding hydrogens is 332 g/mol. The molecule has 1 aromatic heterocycles. The number of carbonyl (C=O) groups is 1. The highest BCUT2D eigenvalue weighted by molar-refractivity contribution is 5.51. The fourth-order valence-corrected chi connectivity index (χ4v) is 2.59. The number of nitrogens with zero attached hydrogens (tertiary/aromatic N) is 2. The summed E-state index contributed by atoms with van der Waals surface area (Å²) in [5.74, 6) is 1.14. The number of ether oxygens (including phenoxy) is 2. The topological polar surface area (TPSA) is 81.5 Å². The van der Waals surface area contributed by atoms with Crippen LogP contribution in [0, 0.1) is 12.8 Å². The summed E-state index contributed by atoms with van der Waals surface area (Å²) < 4.78 is 11.2. The van der Waals surface area contributed by atoms with Gasteiger partial charge in [0.25, 0.3) is 0 Å². The van der Waals surface area contributed by atoms with E-state index in [0.717, 1.165) is 30.3 Å². The standard InChI is InChI=1S/C20H26N2O4/c1-15(8-11-23)14-17-6-7-18(16(2)19(17)24)25-12-3-4-13-26-20-21-9-5-10-22-20/h5-7,9-11,15,24H,3-4,8,12-14H2,1-2H3. The Hall–Kier alpha value is -2.63. The van der Waals surface area contributed by atoms with E-state index in [2.05, 4.69) is 9.97 Å². The third-order valence-electron chi connectivity index (χ3n) is 4.10. The van der Waals surface area contributed by atoms with E-state index in [1.807, 2.05) is 26.0 Å². The van der Waals surface area contributed by atoms with Crippen molar-refractivity contribution in [2.75, 3.05) is 13.2 Å². The van der Waals surface area contributed by atoms with Crippen LogP contribution >= 0.6 is 0 Å². The first kappa shape index (κ1) is 19.7. The molecule has 2 aromatic rings. The number of carbonyl (C=O) groups excluding carboxylic acids is 1. The van der Waals surface area contributed by atoms with Crippen molar-refractivity contribution in [3.63, 3.8) is 0 Å². The molecule has 1 unspecified atom stereocenters. The van der Waals surface area contributed by atoms with Crippen LogP contribution in [0.15, 0.2) is 30.6 Å². The normalized spacial score (nSPS) is 11.8. The highest BCUT2D eigenvalue weighted by atomic mass is 16.5. The van der Waals surface area contributed by atoms with Crippen molar-refractivity contribution in [3.05, 3.63) is 41.7 Å². The molecule has 0 aliphatic carbocycles. The lowest BCUT2D eigenvalue weighted by molar-refractivity contribution is -0.108. The molecule has 2 rings (SSSR count). The molecule has 0 saturated heterocycles. The molecule has 0 amide bonds. The summed E-state index contributed by atoms with van der Waals surface area (Å²) in [6.07, 6.45) is 7.01. The fourth-order valence-electron chi connectivity index (χ4n) is 2.59. The van der Waals surface area contributed by atoms with Crippen molar-refractivity contribution < 1.29 is 19.4 Å². The predicted octanol–water partition coefficient (Wildman–Crippen LogP) is 3.50. The maximum atomic E-state index is 10.6. The molecule has 0 saturated carbocycles. The molecule has 6 heteroatoms. The Labute approximate surface area is 154 Å². The van der Waals surface area contributed by atoms with Gasteiger partial charge in [0.15, 0.2) is 0 Å². The molecule has 1 heterocycles. The number of phenols is 1. The van der Waals surface area contributed by atoms with Crippen LogP contribution in [0.25, 0.3) is 0 Å². The number of aromatic hydroxyl groups is 1. The second-order valence-electron chi connectivity index (χ2n) is 6.34. The van der Waals surface area contributed by atoms with Gasteiger partial charge in [0.05, 0.1) is 13.2 Å². The van der Waals surface area contributed by atoms with Gasteiger partial charge in [-0.3, -0.25) is 0 Å². The second-order valence-corrected chi connectivity index (χ2v) is 6.34. The van der Waals surface area contributed by atoms with E-state index in [9.17, 15) is 9.90 Å². The lowest BCUT2D eigenvalue weighted by atomic mass is 9.96. The van der Waals surface area contributed by atoms with Crippen molar-refractivity contribution in [1.82, 2.24) is 9.97 Å². The minimum atomic E-state index is 0.207. The van der Waals surface area contributed by atoms with E-state index in [4.69, 9.17) is 9.47 Å². The number of unbranched alkanes of at least 4 members (excludes halogenated alkanes) is 1. The smallest absolute Gasteiger partial charge is 0.316 e. The summed E-state index contributed by atoms with van der Waals surface area (Å²) in [7, 11) is 0. The Morgan fingerprint density at radius 2 is 1.85 bits per heavy atom. The zero-order valence-corrected chi connectivity index (χ0v) is 15.4. The van der Waals surface area contributed by atoms with E-state index in [-0.39, 0.29) is 11.7 Å². The Morgan fingerprint density at radius 1 is 1.15 bits per heavy atom. The molecule has 6 nitrogen and oxygen atoms in total. The van der Waals surface area contributed by atoms with Gasteiger partial charge < -0.3 is 19.4 Å². The maximum Gasteiger partial charge on any atom is 0.316 e. The van der Waals surface area contributed by atoms with Crippen molar-refractivity contribution in [1.29, 1.82) is 0 Å². The Kier molecular flexibility index (Phi) is 7.86. The molecule has 0 radical (unpaired) electrons. The minimum Gasteiger partial charge on any atom is -0.507 e. The van der Waals surface area contributed by atoms with Gasteiger partial charge in [0, 0.05) is 24.4 Å². The van der Waals surface area contributed by atoms with E-state index >= 15 is 0 Å². The van der Waals surface area contributed by atoms with E-state index in [0.29, 0.717) is 37.8 Å². The van der Waals surface area contributed by atoms with E-state index in [1.54, 1.807) is 18.5 Å². The fraction of sp³-hybridized carbons (Fsp3) is 0.450. The summed E-state index contributed by atoms with van der Waals surface area (Å²) in [5.41, 5.74) is 1.58. The van der Waals surface area contributed by atoms with Crippen molar-refractivity contribution in [2.45, 2.75) is 39.5 Å². The zero-order valence-electron chi connectivity index (χ0n) is 15.4. The van der Waals surface area contributed by atoms with Gasteiger partial charge in [-0.1, -0.05) is 13.0 Å². The third-order valence-corrected chi connectivity index (χ3v) is 4.10. The molecule has 0 bridgehead atoms. The first-order chi connectivity index (χ1) is 12.6. The summed E-state index contributed by atoms with van der Waals surface area (Å²) >= 11 is 0. The predicted molar refractivity (Wildman–Crippen MR) is 98.6 cm³/mol. The average Bonchev–Trinajstić information content (AvgIpc) is 2.64. The Bertz CT molecular complexity index is 692. The van der Waals surface area contributed by atoms with Gasteiger partial charge in [0.1, 0.15) is 17.8 Å². The largest absolute Gasteiger partial charge is 0.507 e. The van der Waals surface area contributed by atoms with Crippen LogP contribution in [0.3, 0.4) is 0 Å². The van der Waals surface area contributed by atoms with Gasteiger partial charge in [0.2, 0.25) is 0 Å². The molecule has 1 N–H and O–H groups in total. The molecule has 26 heavy (non-hydrogen) atoms. The van der Waals surface area contributed by atoms with Crippen LogP contribution in [-0.4, -0.2) is 34.6 Å². The number of aldehydes is 1. The highest BCUT2D eigenvalue weighted by Gasteiger charge is 2.12. The zero-order chi connectivity index (χ0) is 18.8. The van der Waals surface area contributed by atoms with Crippen LogP contribution in [0.5, 0.6) is 17.5 Å². The van der Waals surface area contributed by atoms with Gasteiger partial charge in [-0.15, -0.1) is 0 Å². The summed E-state index contributed by atoms with van der Waals surface area (Å²) in [6.45, 7) is 4.91. The van der Waals surface area contributed by atoms with Crippen LogP contribution in [-0.2, 0) is 11.2 Å².